The van der Waals surface area contributed by atoms with Crippen molar-refractivity contribution in [3.05, 3.63) is 11.6 Å². The number of hydrogen-bond acceptors (Lipinski definition) is 2. The summed E-state index contributed by atoms with van der Waals surface area (Å²) in [5.74, 6) is 5.06. The topological polar surface area (TPSA) is 34.1 Å². The van der Waals surface area contributed by atoms with E-state index < -0.39 is 0 Å². The summed E-state index contributed by atoms with van der Waals surface area (Å²) in [6.07, 6.45) is 13.1. The fraction of sp³-hybridized carbons (Fsp3) is 0.862. The molecular formula is C29H46O2. The van der Waals surface area contributed by atoms with Gasteiger partial charge in [0, 0.05) is 18.8 Å². The number of hydrogen-bond donors (Lipinski definition) is 0. The molecule has 0 amide bonds. The SMILES string of the molecule is CCC(CCC(C)C1CCC2C3C(=O)C=C4CC(=O)CCC4(C)C3CCC12C)C(C)C. The molecule has 4 aliphatic rings. The van der Waals surface area contributed by atoms with Crippen molar-refractivity contribution in [1.82, 2.24) is 0 Å². The second-order valence-corrected chi connectivity index (χ2v) is 12.6. The van der Waals surface area contributed by atoms with Gasteiger partial charge in [0.1, 0.15) is 5.78 Å². The molecule has 8 atom stereocenters. The van der Waals surface area contributed by atoms with Crippen LogP contribution in [-0.4, -0.2) is 11.6 Å². The van der Waals surface area contributed by atoms with Crippen molar-refractivity contribution >= 4 is 11.6 Å². The maximum Gasteiger partial charge on any atom is 0.159 e. The summed E-state index contributed by atoms with van der Waals surface area (Å²) in [5.41, 5.74) is 1.58. The first-order valence-corrected chi connectivity index (χ1v) is 13.4. The Kier molecular flexibility index (Phi) is 6.34. The standard InChI is InChI=1S/C29H46O2/c1-7-20(18(2)3)9-8-19(4)23-10-11-24-27-25(13-15-29(23,24)6)28(5)14-12-22(30)16-21(28)17-26(27)31/h17-20,23-25,27H,7-16H2,1-6H3. The predicted molar refractivity (Wildman–Crippen MR) is 128 cm³/mol. The van der Waals surface area contributed by atoms with E-state index in [2.05, 4.69) is 41.5 Å². The molecule has 0 aromatic carbocycles. The molecule has 3 fully saturated rings. The van der Waals surface area contributed by atoms with Gasteiger partial charge in [-0.25, -0.2) is 0 Å². The molecule has 4 aliphatic carbocycles. The summed E-state index contributed by atoms with van der Waals surface area (Å²) in [7, 11) is 0. The molecule has 0 radical (unpaired) electrons. The Bertz CT molecular complexity index is 748. The fourth-order valence-corrected chi connectivity index (χ4v) is 8.88. The summed E-state index contributed by atoms with van der Waals surface area (Å²) >= 11 is 0. The van der Waals surface area contributed by atoms with E-state index in [1.165, 1.54) is 50.5 Å². The van der Waals surface area contributed by atoms with Crippen LogP contribution in [0.4, 0.5) is 0 Å². The zero-order valence-corrected chi connectivity index (χ0v) is 21.0. The summed E-state index contributed by atoms with van der Waals surface area (Å²) in [4.78, 5) is 25.5. The lowest BCUT2D eigenvalue weighted by atomic mass is 9.46. The average molecular weight is 427 g/mol. The highest BCUT2D eigenvalue weighted by atomic mass is 16.1. The third-order valence-electron chi connectivity index (χ3n) is 11.0. The highest BCUT2D eigenvalue weighted by Crippen LogP contribution is 2.66. The van der Waals surface area contributed by atoms with Crippen LogP contribution < -0.4 is 0 Å². The van der Waals surface area contributed by atoms with Crippen molar-refractivity contribution < 1.29 is 9.59 Å². The van der Waals surface area contributed by atoms with Crippen molar-refractivity contribution in [1.29, 1.82) is 0 Å². The molecule has 2 nitrogen and oxygen atoms in total. The summed E-state index contributed by atoms with van der Waals surface area (Å²) in [6, 6.07) is 0. The van der Waals surface area contributed by atoms with Gasteiger partial charge in [-0.2, -0.15) is 0 Å². The van der Waals surface area contributed by atoms with E-state index in [0.717, 1.165) is 30.1 Å². The monoisotopic (exact) mass is 426 g/mol. The van der Waals surface area contributed by atoms with Crippen LogP contribution in [0.25, 0.3) is 0 Å². The molecule has 0 N–H and O–H groups in total. The van der Waals surface area contributed by atoms with Crippen LogP contribution in [0.3, 0.4) is 0 Å². The molecule has 0 aromatic heterocycles. The molecule has 0 aliphatic heterocycles. The number of carbonyl (C=O) groups excluding carboxylic acids is 2. The molecule has 8 unspecified atom stereocenters. The predicted octanol–water partition coefficient (Wildman–Crippen LogP) is 7.41. The lowest BCUT2D eigenvalue weighted by molar-refractivity contribution is -0.135. The van der Waals surface area contributed by atoms with Gasteiger partial charge in [0.2, 0.25) is 0 Å². The molecule has 0 aromatic rings. The van der Waals surface area contributed by atoms with Gasteiger partial charge in [0.15, 0.2) is 5.78 Å². The highest BCUT2D eigenvalue weighted by Gasteiger charge is 2.61. The van der Waals surface area contributed by atoms with Crippen molar-refractivity contribution in [3.8, 4) is 0 Å². The number of fused-ring (bicyclic) bond motifs is 5. The lowest BCUT2D eigenvalue weighted by Gasteiger charge is -2.57. The Hall–Kier alpha value is -0.920. The van der Waals surface area contributed by atoms with Crippen molar-refractivity contribution in [2.45, 2.75) is 106 Å². The Balaban J connectivity index is 1.53. The molecule has 31 heavy (non-hydrogen) atoms. The zero-order valence-electron chi connectivity index (χ0n) is 21.0. The number of carbonyl (C=O) groups is 2. The van der Waals surface area contributed by atoms with Gasteiger partial charge in [-0.05, 0) is 90.9 Å². The first-order chi connectivity index (χ1) is 14.6. The molecule has 174 valence electrons. The molecular weight excluding hydrogens is 380 g/mol. The third-order valence-corrected chi connectivity index (χ3v) is 11.0. The van der Waals surface area contributed by atoms with Gasteiger partial charge in [0.25, 0.3) is 0 Å². The highest BCUT2D eigenvalue weighted by molar-refractivity contribution is 5.96. The van der Waals surface area contributed by atoms with Crippen LogP contribution in [0.2, 0.25) is 0 Å². The number of ketones is 2. The van der Waals surface area contributed by atoms with Crippen molar-refractivity contribution in [2.24, 2.45) is 52.3 Å². The number of allylic oxidation sites excluding steroid dienone is 2. The fourth-order valence-electron chi connectivity index (χ4n) is 8.88. The Morgan fingerprint density at radius 3 is 2.42 bits per heavy atom. The Morgan fingerprint density at radius 1 is 1.00 bits per heavy atom. The molecule has 0 bridgehead atoms. The van der Waals surface area contributed by atoms with E-state index in [9.17, 15) is 9.59 Å². The van der Waals surface area contributed by atoms with Crippen LogP contribution in [0.15, 0.2) is 11.6 Å². The van der Waals surface area contributed by atoms with E-state index in [1.54, 1.807) is 0 Å². The molecule has 0 spiro atoms. The molecule has 0 heterocycles. The second-order valence-electron chi connectivity index (χ2n) is 12.6. The summed E-state index contributed by atoms with van der Waals surface area (Å²) in [5, 5.41) is 0. The van der Waals surface area contributed by atoms with Gasteiger partial charge in [-0.15, -0.1) is 0 Å². The van der Waals surface area contributed by atoms with Gasteiger partial charge in [-0.1, -0.05) is 60.0 Å². The minimum Gasteiger partial charge on any atom is -0.299 e. The maximum atomic E-state index is 13.4. The smallest absolute Gasteiger partial charge is 0.159 e. The number of rotatable bonds is 6. The van der Waals surface area contributed by atoms with Crippen LogP contribution in [-0.2, 0) is 9.59 Å². The van der Waals surface area contributed by atoms with Crippen LogP contribution in [0.1, 0.15) is 106 Å². The molecule has 2 heteroatoms. The Labute approximate surface area is 191 Å². The van der Waals surface area contributed by atoms with Gasteiger partial charge in [-0.3, -0.25) is 9.59 Å². The van der Waals surface area contributed by atoms with E-state index in [-0.39, 0.29) is 11.3 Å². The van der Waals surface area contributed by atoms with Crippen molar-refractivity contribution in [3.63, 3.8) is 0 Å². The van der Waals surface area contributed by atoms with E-state index in [1.807, 2.05) is 6.08 Å². The van der Waals surface area contributed by atoms with Crippen LogP contribution >= 0.6 is 0 Å². The summed E-state index contributed by atoms with van der Waals surface area (Å²) < 4.78 is 0. The molecule has 3 saturated carbocycles. The van der Waals surface area contributed by atoms with Gasteiger partial charge < -0.3 is 0 Å². The largest absolute Gasteiger partial charge is 0.299 e. The van der Waals surface area contributed by atoms with Crippen LogP contribution in [0, 0.1) is 52.3 Å². The minimum atomic E-state index is 0.0864. The number of Topliss-reactive ketones (excluding diaryl/α,β-unsaturated/α-hetero) is 1. The van der Waals surface area contributed by atoms with Crippen molar-refractivity contribution in [2.75, 3.05) is 0 Å². The first-order valence-electron chi connectivity index (χ1n) is 13.4. The van der Waals surface area contributed by atoms with E-state index in [0.29, 0.717) is 41.7 Å². The third kappa shape index (κ3) is 3.78. The maximum absolute atomic E-state index is 13.4. The molecule has 4 rings (SSSR count). The lowest BCUT2D eigenvalue weighted by Crippen LogP contribution is -2.53. The van der Waals surface area contributed by atoms with E-state index >= 15 is 0 Å². The second kappa shape index (κ2) is 8.45. The normalized spacial score (nSPS) is 42.0. The molecule has 0 saturated heterocycles. The minimum absolute atomic E-state index is 0.0864. The van der Waals surface area contributed by atoms with Gasteiger partial charge in [0.05, 0.1) is 0 Å². The Morgan fingerprint density at radius 2 is 1.74 bits per heavy atom. The quantitative estimate of drug-likeness (QED) is 0.443. The van der Waals surface area contributed by atoms with Gasteiger partial charge >= 0.3 is 0 Å². The summed E-state index contributed by atoms with van der Waals surface area (Å²) in [6.45, 7) is 14.5. The first kappa shape index (κ1) is 23.2. The average Bonchev–Trinajstić information content (AvgIpc) is 3.06. The zero-order chi connectivity index (χ0) is 22.6. The van der Waals surface area contributed by atoms with Crippen LogP contribution in [0.5, 0.6) is 0 Å². The van der Waals surface area contributed by atoms with E-state index in [4.69, 9.17) is 0 Å².